The largest absolute Gasteiger partial charge is 0.395 e. The second-order valence-corrected chi connectivity index (χ2v) is 4.43. The summed E-state index contributed by atoms with van der Waals surface area (Å²) >= 11 is 0. The summed E-state index contributed by atoms with van der Waals surface area (Å²) in [5, 5.41) is 16.3. The minimum absolute atomic E-state index is 0.137. The van der Waals surface area contributed by atoms with Crippen molar-refractivity contribution in [3.63, 3.8) is 0 Å². The normalized spacial score (nSPS) is 13.4. The monoisotopic (exact) mass is 211 g/mol. The van der Waals surface area contributed by atoms with Gasteiger partial charge in [0.05, 0.1) is 12.8 Å². The molecule has 1 rings (SSSR count). The third kappa shape index (κ3) is 4.44. The molecule has 1 heterocycles. The Kier molecular flexibility index (Phi) is 4.78. The average molecular weight is 211 g/mol. The first-order valence-corrected chi connectivity index (χ1v) is 5.47. The standard InChI is InChI=1S/C11H21N3O/c1-9(2)6-14-7-11(5-13-14)4-12-10(3)8-15/h5,7,9-10,12,15H,4,6,8H2,1-3H3. The minimum Gasteiger partial charge on any atom is -0.395 e. The highest BCUT2D eigenvalue weighted by Crippen LogP contribution is 2.02. The molecular weight excluding hydrogens is 190 g/mol. The molecule has 0 fully saturated rings. The topological polar surface area (TPSA) is 50.1 Å². The number of aromatic nitrogens is 2. The summed E-state index contributed by atoms with van der Waals surface area (Å²) in [5.41, 5.74) is 1.16. The van der Waals surface area contributed by atoms with Crippen LogP contribution in [0.5, 0.6) is 0 Å². The van der Waals surface area contributed by atoms with Crippen molar-refractivity contribution >= 4 is 0 Å². The van der Waals surface area contributed by atoms with E-state index in [1.807, 2.05) is 17.8 Å². The summed E-state index contributed by atoms with van der Waals surface area (Å²) in [4.78, 5) is 0. The quantitative estimate of drug-likeness (QED) is 0.738. The van der Waals surface area contributed by atoms with Crippen LogP contribution < -0.4 is 5.32 Å². The minimum atomic E-state index is 0.137. The van der Waals surface area contributed by atoms with Crippen molar-refractivity contribution in [2.75, 3.05) is 6.61 Å². The van der Waals surface area contributed by atoms with E-state index in [4.69, 9.17) is 5.11 Å². The molecule has 4 nitrogen and oxygen atoms in total. The third-order valence-electron chi connectivity index (χ3n) is 2.17. The smallest absolute Gasteiger partial charge is 0.0582 e. The molecule has 1 atom stereocenters. The fraction of sp³-hybridized carbons (Fsp3) is 0.727. The fourth-order valence-corrected chi connectivity index (χ4v) is 1.33. The predicted octanol–water partition coefficient (Wildman–Crippen LogP) is 1.01. The van der Waals surface area contributed by atoms with Crippen molar-refractivity contribution in [2.45, 2.75) is 39.9 Å². The third-order valence-corrected chi connectivity index (χ3v) is 2.17. The summed E-state index contributed by atoms with van der Waals surface area (Å²) in [7, 11) is 0. The fourth-order valence-electron chi connectivity index (χ4n) is 1.33. The summed E-state index contributed by atoms with van der Waals surface area (Å²) in [6, 6.07) is 0.137. The Morgan fingerprint density at radius 2 is 2.20 bits per heavy atom. The van der Waals surface area contributed by atoms with E-state index in [9.17, 15) is 0 Å². The average Bonchev–Trinajstić information content (AvgIpc) is 2.61. The van der Waals surface area contributed by atoms with Crippen molar-refractivity contribution in [1.29, 1.82) is 0 Å². The van der Waals surface area contributed by atoms with Crippen LogP contribution in [0, 0.1) is 5.92 Å². The summed E-state index contributed by atoms with van der Waals surface area (Å²) < 4.78 is 1.96. The van der Waals surface area contributed by atoms with Crippen LogP contribution >= 0.6 is 0 Å². The van der Waals surface area contributed by atoms with Gasteiger partial charge in [0.15, 0.2) is 0 Å². The second kappa shape index (κ2) is 5.88. The van der Waals surface area contributed by atoms with Crippen molar-refractivity contribution in [2.24, 2.45) is 5.92 Å². The molecule has 0 aliphatic rings. The van der Waals surface area contributed by atoms with Crippen LogP contribution in [0.3, 0.4) is 0 Å². The van der Waals surface area contributed by atoms with Crippen LogP contribution in [0.2, 0.25) is 0 Å². The van der Waals surface area contributed by atoms with Gasteiger partial charge < -0.3 is 10.4 Å². The number of rotatable bonds is 6. The van der Waals surface area contributed by atoms with E-state index in [0.29, 0.717) is 5.92 Å². The van der Waals surface area contributed by atoms with Crippen molar-refractivity contribution in [3.05, 3.63) is 18.0 Å². The number of aliphatic hydroxyl groups is 1. The molecule has 0 spiro atoms. The zero-order valence-electron chi connectivity index (χ0n) is 9.77. The Bertz CT molecular complexity index is 283. The maximum Gasteiger partial charge on any atom is 0.0582 e. The van der Waals surface area contributed by atoms with Crippen LogP contribution in [0.15, 0.2) is 12.4 Å². The zero-order chi connectivity index (χ0) is 11.3. The number of nitrogens with zero attached hydrogens (tertiary/aromatic N) is 2. The van der Waals surface area contributed by atoms with Gasteiger partial charge in [0.2, 0.25) is 0 Å². The highest BCUT2D eigenvalue weighted by Gasteiger charge is 2.02. The summed E-state index contributed by atoms with van der Waals surface area (Å²) in [5.74, 6) is 0.613. The van der Waals surface area contributed by atoms with Crippen LogP contribution in [0.1, 0.15) is 26.3 Å². The molecule has 1 aromatic rings. The van der Waals surface area contributed by atoms with Gasteiger partial charge in [-0.3, -0.25) is 4.68 Å². The van der Waals surface area contributed by atoms with E-state index in [1.165, 1.54) is 0 Å². The van der Waals surface area contributed by atoms with Crippen LogP contribution in [-0.4, -0.2) is 27.5 Å². The molecule has 0 saturated carbocycles. The number of nitrogens with one attached hydrogen (secondary N) is 1. The van der Waals surface area contributed by atoms with Crippen molar-refractivity contribution in [1.82, 2.24) is 15.1 Å². The molecule has 15 heavy (non-hydrogen) atoms. The van der Waals surface area contributed by atoms with E-state index >= 15 is 0 Å². The van der Waals surface area contributed by atoms with E-state index in [1.54, 1.807) is 0 Å². The van der Waals surface area contributed by atoms with E-state index in [2.05, 4.69) is 30.5 Å². The van der Waals surface area contributed by atoms with E-state index < -0.39 is 0 Å². The second-order valence-electron chi connectivity index (χ2n) is 4.43. The molecule has 2 N–H and O–H groups in total. The Labute approximate surface area is 91.3 Å². The first-order chi connectivity index (χ1) is 7.11. The number of aliphatic hydroxyl groups excluding tert-OH is 1. The first-order valence-electron chi connectivity index (χ1n) is 5.47. The lowest BCUT2D eigenvalue weighted by Gasteiger charge is -2.08. The molecule has 0 aromatic carbocycles. The Morgan fingerprint density at radius 3 is 2.80 bits per heavy atom. The van der Waals surface area contributed by atoms with Crippen molar-refractivity contribution < 1.29 is 5.11 Å². The molecule has 0 amide bonds. The van der Waals surface area contributed by atoms with Gasteiger partial charge in [-0.1, -0.05) is 13.8 Å². The SMILES string of the molecule is CC(C)Cn1cc(CNC(C)CO)cn1. The van der Waals surface area contributed by atoms with Crippen molar-refractivity contribution in [3.8, 4) is 0 Å². The maximum atomic E-state index is 8.85. The Hall–Kier alpha value is -0.870. The van der Waals surface area contributed by atoms with Crippen LogP contribution in [-0.2, 0) is 13.1 Å². The van der Waals surface area contributed by atoms with Gasteiger partial charge in [-0.25, -0.2) is 0 Å². The lowest BCUT2D eigenvalue weighted by Crippen LogP contribution is -2.28. The van der Waals surface area contributed by atoms with E-state index in [-0.39, 0.29) is 12.6 Å². The van der Waals surface area contributed by atoms with Gasteiger partial charge in [0, 0.05) is 30.9 Å². The van der Waals surface area contributed by atoms with Gasteiger partial charge in [-0.15, -0.1) is 0 Å². The Morgan fingerprint density at radius 1 is 1.47 bits per heavy atom. The number of hydrogen-bond acceptors (Lipinski definition) is 3. The zero-order valence-corrected chi connectivity index (χ0v) is 9.77. The van der Waals surface area contributed by atoms with Gasteiger partial charge >= 0.3 is 0 Å². The molecule has 0 saturated heterocycles. The summed E-state index contributed by atoms with van der Waals surface area (Å²) in [6.45, 7) is 8.19. The Balaban J connectivity index is 2.39. The molecule has 86 valence electrons. The van der Waals surface area contributed by atoms with Crippen LogP contribution in [0.4, 0.5) is 0 Å². The first kappa shape index (κ1) is 12.2. The molecular formula is C11H21N3O. The lowest BCUT2D eigenvalue weighted by atomic mass is 10.2. The molecule has 0 aliphatic carbocycles. The van der Waals surface area contributed by atoms with E-state index in [0.717, 1.165) is 18.7 Å². The van der Waals surface area contributed by atoms with Gasteiger partial charge in [0.25, 0.3) is 0 Å². The molecule has 0 aliphatic heterocycles. The maximum absolute atomic E-state index is 8.85. The molecule has 1 aromatic heterocycles. The van der Waals surface area contributed by atoms with Gasteiger partial charge in [-0.2, -0.15) is 5.10 Å². The highest BCUT2D eigenvalue weighted by molar-refractivity contribution is 5.03. The van der Waals surface area contributed by atoms with Gasteiger partial charge in [-0.05, 0) is 12.8 Å². The van der Waals surface area contributed by atoms with Crippen LogP contribution in [0.25, 0.3) is 0 Å². The summed E-state index contributed by atoms with van der Waals surface area (Å²) in [6.07, 6.45) is 3.93. The highest BCUT2D eigenvalue weighted by atomic mass is 16.3. The molecule has 1 unspecified atom stereocenters. The molecule has 0 bridgehead atoms. The number of hydrogen-bond donors (Lipinski definition) is 2. The molecule has 0 radical (unpaired) electrons. The predicted molar refractivity (Wildman–Crippen MR) is 60.5 cm³/mol. The lowest BCUT2D eigenvalue weighted by molar-refractivity contribution is 0.251. The molecule has 4 heteroatoms. The van der Waals surface area contributed by atoms with Gasteiger partial charge in [0.1, 0.15) is 0 Å².